The molecule has 0 aromatic heterocycles. The molecule has 0 bridgehead atoms. The predicted molar refractivity (Wildman–Crippen MR) is 126 cm³/mol. The largest absolute Gasteiger partial charge is 0.507 e. The molecule has 4 nitrogen and oxygen atoms in total. The molecule has 1 atom stereocenters. The minimum Gasteiger partial charge on any atom is -0.507 e. The van der Waals surface area contributed by atoms with Crippen molar-refractivity contribution in [2.75, 3.05) is 4.90 Å². The first-order valence-electron chi connectivity index (χ1n) is 11.5. The van der Waals surface area contributed by atoms with Gasteiger partial charge in [0, 0.05) is 11.3 Å². The molecule has 1 fully saturated rings. The number of carbonyl (C=O) groups is 2. The van der Waals surface area contributed by atoms with Crippen LogP contribution >= 0.6 is 0 Å². The zero-order chi connectivity index (χ0) is 25.6. The van der Waals surface area contributed by atoms with Crippen molar-refractivity contribution in [2.45, 2.75) is 37.9 Å². The number of rotatable bonds is 3. The van der Waals surface area contributed by atoms with Gasteiger partial charge < -0.3 is 5.11 Å². The number of nitrogens with zero attached hydrogens (tertiary/aromatic N) is 1. The fourth-order valence-corrected chi connectivity index (χ4v) is 4.91. The number of amides is 1. The van der Waals surface area contributed by atoms with Crippen LogP contribution in [0.15, 0.2) is 72.3 Å². The van der Waals surface area contributed by atoms with Crippen LogP contribution in [0.1, 0.15) is 46.7 Å². The zero-order valence-corrected chi connectivity index (χ0v) is 19.0. The Bertz CT molecular complexity index is 1380. The molecule has 1 N–H and O–H groups in total. The zero-order valence-electron chi connectivity index (χ0n) is 19.0. The summed E-state index contributed by atoms with van der Waals surface area (Å²) in [6.45, 7) is 0. The van der Waals surface area contributed by atoms with Gasteiger partial charge in [0.25, 0.3) is 11.7 Å². The number of ketones is 1. The van der Waals surface area contributed by atoms with Gasteiger partial charge in [-0.25, -0.2) is 4.39 Å². The van der Waals surface area contributed by atoms with Gasteiger partial charge in [-0.1, -0.05) is 24.3 Å². The monoisotopic (exact) mass is 495 g/mol. The van der Waals surface area contributed by atoms with Crippen LogP contribution in [0.2, 0.25) is 0 Å². The van der Waals surface area contributed by atoms with E-state index in [-0.39, 0.29) is 17.0 Å². The molecule has 3 aromatic rings. The van der Waals surface area contributed by atoms with E-state index in [0.717, 1.165) is 78.1 Å². The Labute approximate surface area is 204 Å². The van der Waals surface area contributed by atoms with Gasteiger partial charge >= 0.3 is 6.18 Å². The second kappa shape index (κ2) is 8.93. The Morgan fingerprint density at radius 1 is 0.861 bits per heavy atom. The van der Waals surface area contributed by atoms with Gasteiger partial charge in [-0.05, 0) is 84.8 Å². The summed E-state index contributed by atoms with van der Waals surface area (Å²) in [5.41, 5.74) is 1.85. The van der Waals surface area contributed by atoms with E-state index in [1.165, 1.54) is 12.1 Å². The fourth-order valence-electron chi connectivity index (χ4n) is 4.91. The van der Waals surface area contributed by atoms with E-state index in [2.05, 4.69) is 0 Å². The number of benzene rings is 3. The van der Waals surface area contributed by atoms with Crippen molar-refractivity contribution in [3.63, 3.8) is 0 Å². The highest BCUT2D eigenvalue weighted by Crippen LogP contribution is 2.43. The summed E-state index contributed by atoms with van der Waals surface area (Å²) in [6.07, 6.45) is -0.746. The number of anilines is 1. The summed E-state index contributed by atoms with van der Waals surface area (Å²) in [4.78, 5) is 27.4. The van der Waals surface area contributed by atoms with Crippen molar-refractivity contribution in [1.82, 2.24) is 0 Å². The lowest BCUT2D eigenvalue weighted by atomic mass is 9.88. The molecule has 1 amide bonds. The number of hydrogen-bond acceptors (Lipinski definition) is 3. The molecule has 1 aliphatic heterocycles. The molecular formula is C28H21F4NO3. The summed E-state index contributed by atoms with van der Waals surface area (Å²) in [7, 11) is 0. The number of Topliss-reactive ketones (excluding diaryl/α,β-unsaturated/α-hetero) is 1. The molecule has 0 radical (unpaired) electrons. The lowest BCUT2D eigenvalue weighted by molar-refractivity contribution is -0.137. The molecule has 0 spiro atoms. The maximum Gasteiger partial charge on any atom is 0.416 e. The van der Waals surface area contributed by atoms with Gasteiger partial charge in [-0.15, -0.1) is 0 Å². The third-order valence-electron chi connectivity index (χ3n) is 6.72. The summed E-state index contributed by atoms with van der Waals surface area (Å²) < 4.78 is 52.9. The van der Waals surface area contributed by atoms with E-state index in [1.807, 2.05) is 6.07 Å². The fraction of sp³-hybridized carbons (Fsp3) is 0.214. The van der Waals surface area contributed by atoms with Crippen LogP contribution in [0.4, 0.5) is 23.2 Å². The van der Waals surface area contributed by atoms with Crippen molar-refractivity contribution in [3.05, 3.63) is 106 Å². The van der Waals surface area contributed by atoms with E-state index >= 15 is 0 Å². The maximum absolute atomic E-state index is 13.7. The standard InChI is InChI=1S/C28H21F4NO3/c29-21-11-7-17(8-12-21)24-23(25(34)19-6-5-16-3-1-2-4-18(16)15-19)26(35)27(36)33(24)22-13-9-20(10-14-22)28(30,31)32/h5-15,24,34H,1-4H2/b25-23-. The molecule has 8 heteroatoms. The molecule has 2 aliphatic rings. The molecular weight excluding hydrogens is 474 g/mol. The minimum absolute atomic E-state index is 0.0453. The Balaban J connectivity index is 1.66. The van der Waals surface area contributed by atoms with E-state index in [9.17, 15) is 32.3 Å². The molecule has 1 heterocycles. The number of halogens is 4. The third kappa shape index (κ3) is 4.17. The Morgan fingerprint density at radius 3 is 2.14 bits per heavy atom. The van der Waals surface area contributed by atoms with Crippen LogP contribution in [0.5, 0.6) is 0 Å². The molecule has 184 valence electrons. The highest BCUT2D eigenvalue weighted by Gasteiger charge is 2.47. The van der Waals surface area contributed by atoms with E-state index in [4.69, 9.17) is 0 Å². The topological polar surface area (TPSA) is 57.6 Å². The van der Waals surface area contributed by atoms with Crippen molar-refractivity contribution in [1.29, 1.82) is 0 Å². The summed E-state index contributed by atoms with van der Waals surface area (Å²) >= 11 is 0. The number of fused-ring (bicyclic) bond motifs is 1. The second-order valence-corrected chi connectivity index (χ2v) is 8.96. The number of aryl methyl sites for hydroxylation is 2. The van der Waals surface area contributed by atoms with Gasteiger partial charge in [-0.3, -0.25) is 14.5 Å². The number of aliphatic hydroxyl groups is 1. The second-order valence-electron chi connectivity index (χ2n) is 8.96. The molecule has 36 heavy (non-hydrogen) atoms. The Kier molecular flexibility index (Phi) is 5.90. The lowest BCUT2D eigenvalue weighted by Gasteiger charge is -2.26. The summed E-state index contributed by atoms with van der Waals surface area (Å²) in [5.74, 6) is -2.89. The maximum atomic E-state index is 13.7. The van der Waals surface area contributed by atoms with E-state index in [0.29, 0.717) is 11.1 Å². The van der Waals surface area contributed by atoms with Crippen LogP contribution in [0.3, 0.4) is 0 Å². The average molecular weight is 495 g/mol. The van der Waals surface area contributed by atoms with Gasteiger partial charge in [0.15, 0.2) is 0 Å². The van der Waals surface area contributed by atoms with E-state index in [1.54, 1.807) is 12.1 Å². The van der Waals surface area contributed by atoms with Crippen molar-refractivity contribution < 1.29 is 32.3 Å². The molecule has 5 rings (SSSR count). The van der Waals surface area contributed by atoms with Gasteiger partial charge in [0.2, 0.25) is 0 Å². The Morgan fingerprint density at radius 2 is 1.50 bits per heavy atom. The number of carbonyl (C=O) groups excluding carboxylic acids is 2. The van der Waals surface area contributed by atoms with Crippen LogP contribution in [0.25, 0.3) is 5.76 Å². The number of alkyl halides is 3. The summed E-state index contributed by atoms with van der Waals surface area (Å²) in [6, 6.07) is 13.1. The number of aliphatic hydroxyl groups excluding tert-OH is 1. The Hall–Kier alpha value is -3.94. The molecule has 1 saturated heterocycles. The number of hydrogen-bond donors (Lipinski definition) is 1. The highest BCUT2D eigenvalue weighted by atomic mass is 19.4. The third-order valence-corrected chi connectivity index (χ3v) is 6.72. The van der Waals surface area contributed by atoms with Gasteiger partial charge in [-0.2, -0.15) is 13.2 Å². The van der Waals surface area contributed by atoms with Crippen LogP contribution in [0, 0.1) is 5.82 Å². The normalized spacial score (nSPS) is 19.4. The lowest BCUT2D eigenvalue weighted by Crippen LogP contribution is -2.29. The first-order valence-corrected chi connectivity index (χ1v) is 11.5. The van der Waals surface area contributed by atoms with Crippen LogP contribution in [-0.4, -0.2) is 16.8 Å². The molecule has 3 aromatic carbocycles. The van der Waals surface area contributed by atoms with Gasteiger partial charge in [0.1, 0.15) is 11.6 Å². The van der Waals surface area contributed by atoms with Crippen LogP contribution in [-0.2, 0) is 28.6 Å². The van der Waals surface area contributed by atoms with Crippen molar-refractivity contribution in [3.8, 4) is 0 Å². The van der Waals surface area contributed by atoms with Crippen molar-refractivity contribution in [2.24, 2.45) is 0 Å². The summed E-state index contributed by atoms with van der Waals surface area (Å²) in [5, 5.41) is 11.3. The van der Waals surface area contributed by atoms with Gasteiger partial charge in [0.05, 0.1) is 17.2 Å². The highest BCUT2D eigenvalue weighted by molar-refractivity contribution is 6.51. The SMILES string of the molecule is O=C1C(=O)N(c2ccc(C(F)(F)F)cc2)C(c2ccc(F)cc2)/C1=C(/O)c1ccc2c(c1)CCCC2. The molecule has 0 saturated carbocycles. The quantitative estimate of drug-likeness (QED) is 0.199. The molecule has 1 aliphatic carbocycles. The van der Waals surface area contributed by atoms with Crippen molar-refractivity contribution >= 4 is 23.1 Å². The van der Waals surface area contributed by atoms with E-state index < -0.39 is 35.3 Å². The predicted octanol–water partition coefficient (Wildman–Crippen LogP) is 6.35. The first kappa shape index (κ1) is 23.8. The minimum atomic E-state index is -4.57. The smallest absolute Gasteiger partial charge is 0.416 e. The molecule has 1 unspecified atom stereocenters. The first-order chi connectivity index (χ1) is 17.1. The van der Waals surface area contributed by atoms with Crippen LogP contribution < -0.4 is 4.90 Å². The average Bonchev–Trinajstić information content (AvgIpc) is 3.13.